The molecule has 0 aromatic heterocycles. The first-order valence-electron chi connectivity index (χ1n) is 12.6. The topological polar surface area (TPSA) is 171 Å². The number of fused-ring (bicyclic) bond motifs is 3. The van der Waals surface area contributed by atoms with Gasteiger partial charge >= 0.3 is 0 Å². The number of carbonyl (C=O) groups is 3. The lowest BCUT2D eigenvalue weighted by atomic mass is 9.54. The molecule has 1 aromatic carbocycles. The van der Waals surface area contributed by atoms with Crippen molar-refractivity contribution < 1.29 is 39.9 Å². The number of phenolic OH excluding ortho intramolecular Hbond substituents is 1. The molecule has 6 atom stereocenters. The number of aliphatic hydroxyl groups is 4. The van der Waals surface area contributed by atoms with E-state index >= 15 is 0 Å². The zero-order chi connectivity index (χ0) is 28.3. The number of likely N-dealkylation sites (N-methyl/N-ethyl adjacent to an activating group) is 1. The van der Waals surface area contributed by atoms with Gasteiger partial charge in [-0.05, 0) is 51.7 Å². The first-order valence-corrected chi connectivity index (χ1v) is 12.6. The van der Waals surface area contributed by atoms with Gasteiger partial charge in [0.25, 0.3) is 5.91 Å². The van der Waals surface area contributed by atoms with Gasteiger partial charge in [0.15, 0.2) is 11.4 Å². The summed E-state index contributed by atoms with van der Waals surface area (Å²) in [6.45, 7) is 4.35. The van der Waals surface area contributed by atoms with E-state index in [-0.39, 0.29) is 23.6 Å². The van der Waals surface area contributed by atoms with E-state index in [1.807, 2.05) is 6.92 Å². The van der Waals surface area contributed by atoms with Crippen molar-refractivity contribution in [2.24, 2.45) is 11.8 Å². The predicted octanol–water partition coefficient (Wildman–Crippen LogP) is 0.426. The normalized spacial score (nSPS) is 30.9. The van der Waals surface area contributed by atoms with Crippen LogP contribution in [0.2, 0.25) is 0 Å². The molecule has 206 valence electrons. The maximum atomic E-state index is 14.0. The van der Waals surface area contributed by atoms with Gasteiger partial charge in [0.2, 0.25) is 5.78 Å². The molecule has 0 radical (unpaired) electrons. The van der Waals surface area contributed by atoms with Gasteiger partial charge in [-0.15, -0.1) is 0 Å². The van der Waals surface area contributed by atoms with Crippen LogP contribution < -0.4 is 5.32 Å². The number of rotatable bonds is 6. The second-order valence-electron chi connectivity index (χ2n) is 10.7. The average Bonchev–Trinajstić information content (AvgIpc) is 2.85. The van der Waals surface area contributed by atoms with Crippen molar-refractivity contribution in [3.05, 3.63) is 46.2 Å². The van der Waals surface area contributed by atoms with E-state index in [0.29, 0.717) is 12.1 Å². The average molecular weight is 530 g/mol. The highest BCUT2D eigenvalue weighted by Crippen LogP contribution is 2.55. The van der Waals surface area contributed by atoms with Gasteiger partial charge in [-0.25, -0.2) is 0 Å². The standard InChI is InChI=1S/C27H35N3O8/c1-6-10-30(5)11-28-26(37)18-23(34)20(29(3)4)19-22(33)15-12(2)13-8-7-9-14(31)16(13)21(32)17(15)24(35)27(19,38)25(18)36/h7-9,12,15,19-20,22,31-33,36,38H,6,10-11H2,1-5H3,(H,28,37)/t12-,15+,19+,20-,22-,27-/m0/s1. The van der Waals surface area contributed by atoms with Crippen molar-refractivity contribution in [2.45, 2.75) is 43.9 Å². The van der Waals surface area contributed by atoms with E-state index in [2.05, 4.69) is 5.32 Å². The number of hydrogen-bond acceptors (Lipinski definition) is 10. The molecule has 0 spiro atoms. The SMILES string of the molecule is CCCN(C)CNC(=O)C1=C(O)[C@@]2(O)C(=O)C3=C(O)c4c(O)cccc4[C@H](C)[C@H]3[C@H](O)[C@H]2[C@H](N(C)C)C1=O. The van der Waals surface area contributed by atoms with Gasteiger partial charge in [0, 0.05) is 11.5 Å². The molecular formula is C27H35N3O8. The van der Waals surface area contributed by atoms with E-state index in [4.69, 9.17) is 0 Å². The maximum absolute atomic E-state index is 14.0. The third-order valence-corrected chi connectivity index (χ3v) is 8.09. The molecule has 0 aliphatic heterocycles. The molecule has 6 N–H and O–H groups in total. The predicted molar refractivity (Wildman–Crippen MR) is 137 cm³/mol. The second kappa shape index (κ2) is 9.81. The minimum atomic E-state index is -2.88. The lowest BCUT2D eigenvalue weighted by Gasteiger charge is -2.53. The molecule has 11 heteroatoms. The second-order valence-corrected chi connectivity index (χ2v) is 10.7. The number of Topliss-reactive ketones (excluding diaryl/α,β-unsaturated/α-hetero) is 2. The van der Waals surface area contributed by atoms with Gasteiger partial charge in [-0.3, -0.25) is 24.2 Å². The zero-order valence-electron chi connectivity index (χ0n) is 22.1. The fraction of sp³-hybridized carbons (Fsp3) is 0.519. The van der Waals surface area contributed by atoms with E-state index < -0.39 is 70.1 Å². The van der Waals surface area contributed by atoms with Crippen LogP contribution in [0.4, 0.5) is 0 Å². The quantitative estimate of drug-likeness (QED) is 0.224. The van der Waals surface area contributed by atoms with Crippen LogP contribution in [0.5, 0.6) is 5.75 Å². The third kappa shape index (κ3) is 3.84. The number of benzene rings is 1. The van der Waals surface area contributed by atoms with Crippen LogP contribution in [-0.2, 0) is 14.4 Å². The van der Waals surface area contributed by atoms with Crippen LogP contribution in [0.1, 0.15) is 37.3 Å². The molecule has 0 saturated heterocycles. The molecule has 11 nitrogen and oxygen atoms in total. The number of nitrogens with zero attached hydrogens (tertiary/aromatic N) is 2. The van der Waals surface area contributed by atoms with Crippen LogP contribution in [0.3, 0.4) is 0 Å². The van der Waals surface area contributed by atoms with Crippen molar-refractivity contribution in [3.8, 4) is 5.75 Å². The van der Waals surface area contributed by atoms with Gasteiger partial charge in [0.1, 0.15) is 22.8 Å². The third-order valence-electron chi connectivity index (χ3n) is 8.09. The Kier molecular flexibility index (Phi) is 7.17. The molecule has 0 heterocycles. The van der Waals surface area contributed by atoms with Crippen LogP contribution in [0, 0.1) is 11.8 Å². The Morgan fingerprint density at radius 3 is 2.39 bits per heavy atom. The van der Waals surface area contributed by atoms with Crippen LogP contribution in [-0.4, -0.2) is 105 Å². The number of ketones is 2. The van der Waals surface area contributed by atoms with Crippen molar-refractivity contribution in [1.82, 2.24) is 15.1 Å². The molecule has 1 fully saturated rings. The number of phenols is 1. The Labute approximate surface area is 220 Å². The summed E-state index contributed by atoms with van der Waals surface area (Å²) in [5, 5.41) is 58.9. The van der Waals surface area contributed by atoms with Gasteiger partial charge in [-0.2, -0.15) is 0 Å². The van der Waals surface area contributed by atoms with Crippen molar-refractivity contribution in [3.63, 3.8) is 0 Å². The van der Waals surface area contributed by atoms with E-state index in [1.54, 1.807) is 31.0 Å². The first-order chi connectivity index (χ1) is 17.8. The van der Waals surface area contributed by atoms with Gasteiger partial charge in [-0.1, -0.05) is 26.0 Å². The summed E-state index contributed by atoms with van der Waals surface area (Å²) < 4.78 is 0. The minimum Gasteiger partial charge on any atom is -0.508 e. The van der Waals surface area contributed by atoms with E-state index in [1.165, 1.54) is 25.1 Å². The van der Waals surface area contributed by atoms with Crippen LogP contribution in [0.25, 0.3) is 5.76 Å². The van der Waals surface area contributed by atoms with Crippen LogP contribution >= 0.6 is 0 Å². The molecule has 1 saturated carbocycles. The highest BCUT2D eigenvalue weighted by atomic mass is 16.4. The maximum Gasteiger partial charge on any atom is 0.259 e. The highest BCUT2D eigenvalue weighted by molar-refractivity contribution is 6.25. The molecule has 3 aliphatic carbocycles. The van der Waals surface area contributed by atoms with Crippen molar-refractivity contribution in [2.75, 3.05) is 34.4 Å². The monoisotopic (exact) mass is 529 g/mol. The smallest absolute Gasteiger partial charge is 0.259 e. The summed E-state index contributed by atoms with van der Waals surface area (Å²) in [4.78, 5) is 43.9. The Morgan fingerprint density at radius 1 is 1.13 bits per heavy atom. The number of aliphatic hydroxyl groups excluding tert-OH is 3. The number of carbonyl (C=O) groups excluding carboxylic acids is 3. The molecule has 1 amide bonds. The first kappa shape index (κ1) is 27.8. The fourth-order valence-corrected chi connectivity index (χ4v) is 6.31. The van der Waals surface area contributed by atoms with Gasteiger partial charge < -0.3 is 30.8 Å². The zero-order valence-corrected chi connectivity index (χ0v) is 22.1. The molecule has 1 aromatic rings. The molecule has 4 rings (SSSR count). The van der Waals surface area contributed by atoms with Crippen molar-refractivity contribution >= 4 is 23.2 Å². The summed E-state index contributed by atoms with van der Waals surface area (Å²) in [5.41, 5.74) is -3.57. The Hall–Kier alpha value is -3.25. The molecule has 38 heavy (non-hydrogen) atoms. The molecular weight excluding hydrogens is 494 g/mol. The highest BCUT2D eigenvalue weighted by Gasteiger charge is 2.68. The number of nitrogens with one attached hydrogen (secondary N) is 1. The summed E-state index contributed by atoms with van der Waals surface area (Å²) in [7, 11) is 4.77. The van der Waals surface area contributed by atoms with E-state index in [9.17, 15) is 39.9 Å². The fourth-order valence-electron chi connectivity index (χ4n) is 6.31. The Balaban J connectivity index is 1.91. The molecule has 3 aliphatic rings. The Bertz CT molecular complexity index is 1250. The number of amides is 1. The summed E-state index contributed by atoms with van der Waals surface area (Å²) in [6.07, 6.45) is -0.772. The minimum absolute atomic E-state index is 0.00899. The molecule has 0 unspecified atom stereocenters. The number of aromatic hydroxyl groups is 1. The Morgan fingerprint density at radius 2 is 1.79 bits per heavy atom. The molecule has 0 bridgehead atoms. The van der Waals surface area contributed by atoms with Crippen molar-refractivity contribution in [1.29, 1.82) is 0 Å². The summed E-state index contributed by atoms with van der Waals surface area (Å²) >= 11 is 0. The summed E-state index contributed by atoms with van der Waals surface area (Å²) in [6, 6.07) is 3.21. The number of hydrogen-bond donors (Lipinski definition) is 6. The lowest BCUT2D eigenvalue weighted by molar-refractivity contribution is -0.169. The largest absolute Gasteiger partial charge is 0.508 e. The van der Waals surface area contributed by atoms with Crippen LogP contribution in [0.15, 0.2) is 35.1 Å². The van der Waals surface area contributed by atoms with Gasteiger partial charge in [0.05, 0.1) is 30.3 Å². The summed E-state index contributed by atoms with van der Waals surface area (Å²) in [5.74, 6) is -8.25. The van der Waals surface area contributed by atoms with E-state index in [0.717, 1.165) is 6.42 Å². The lowest BCUT2D eigenvalue weighted by Crippen LogP contribution is -2.70.